The number of hydrogen-bond donors (Lipinski definition) is 2. The van der Waals surface area contributed by atoms with Crippen molar-refractivity contribution >= 4 is 0 Å². The number of benzene rings is 1. The Labute approximate surface area is 117 Å². The highest BCUT2D eigenvalue weighted by atomic mass is 15.0. The van der Waals surface area contributed by atoms with Crippen LogP contribution in [0.15, 0.2) is 12.1 Å². The van der Waals surface area contributed by atoms with Crippen molar-refractivity contribution in [2.24, 2.45) is 5.73 Å². The van der Waals surface area contributed by atoms with Crippen molar-refractivity contribution in [1.82, 2.24) is 5.32 Å². The molecule has 1 aromatic rings. The molecule has 2 nitrogen and oxygen atoms in total. The summed E-state index contributed by atoms with van der Waals surface area (Å²) < 4.78 is 0. The van der Waals surface area contributed by atoms with Crippen LogP contribution in [0.1, 0.15) is 48.1 Å². The summed E-state index contributed by atoms with van der Waals surface area (Å²) in [5.41, 5.74) is 11.1. The maximum Gasteiger partial charge on any atom is 0.0692 e. The molecule has 0 bridgehead atoms. The molecule has 0 radical (unpaired) electrons. The lowest BCUT2D eigenvalue weighted by atomic mass is 9.95. The van der Waals surface area contributed by atoms with Gasteiger partial charge in [-0.2, -0.15) is 0 Å². The normalized spacial score (nSPS) is 13.9. The Morgan fingerprint density at radius 1 is 1.21 bits per heavy atom. The molecule has 0 aromatic heterocycles. The van der Waals surface area contributed by atoms with Crippen LogP contribution < -0.4 is 11.1 Å². The van der Waals surface area contributed by atoms with E-state index < -0.39 is 0 Å². The minimum Gasteiger partial charge on any atom is -0.329 e. The molecule has 0 heterocycles. The molecule has 104 valence electrons. The highest BCUT2D eigenvalue weighted by Crippen LogP contribution is 2.22. The summed E-state index contributed by atoms with van der Waals surface area (Å²) in [6, 6.07) is 4.68. The lowest BCUT2D eigenvalue weighted by Crippen LogP contribution is -2.36. The monoisotopic (exact) mass is 258 g/mol. The zero-order chi connectivity index (χ0) is 14.4. The van der Waals surface area contributed by atoms with E-state index >= 15 is 0 Å². The summed E-state index contributed by atoms with van der Waals surface area (Å²) in [7, 11) is 0. The minimum atomic E-state index is 0.0968. The van der Waals surface area contributed by atoms with Gasteiger partial charge in [0.25, 0.3) is 0 Å². The van der Waals surface area contributed by atoms with Crippen LogP contribution in [0.4, 0.5) is 0 Å². The van der Waals surface area contributed by atoms with Crippen molar-refractivity contribution in [3.8, 4) is 12.3 Å². The molecule has 19 heavy (non-hydrogen) atoms. The van der Waals surface area contributed by atoms with Gasteiger partial charge in [0.15, 0.2) is 0 Å². The second-order valence-electron chi connectivity index (χ2n) is 5.26. The van der Waals surface area contributed by atoms with Gasteiger partial charge in [-0.05, 0) is 49.4 Å². The number of hydrogen-bond acceptors (Lipinski definition) is 2. The Morgan fingerprint density at radius 2 is 1.84 bits per heavy atom. The molecule has 1 rings (SSSR count). The van der Waals surface area contributed by atoms with Gasteiger partial charge in [0.05, 0.1) is 6.04 Å². The highest BCUT2D eigenvalue weighted by molar-refractivity contribution is 5.38. The highest BCUT2D eigenvalue weighted by Gasteiger charge is 2.16. The third-order valence-electron chi connectivity index (χ3n) is 3.67. The van der Waals surface area contributed by atoms with Gasteiger partial charge in [-0.25, -0.2) is 0 Å². The van der Waals surface area contributed by atoms with Crippen LogP contribution in [0.5, 0.6) is 0 Å². The maximum absolute atomic E-state index is 5.93. The predicted octanol–water partition coefficient (Wildman–Crippen LogP) is 3.00. The first-order valence-electron chi connectivity index (χ1n) is 7.03. The van der Waals surface area contributed by atoms with E-state index in [0.29, 0.717) is 6.54 Å². The topological polar surface area (TPSA) is 38.0 Å². The van der Waals surface area contributed by atoms with Crippen LogP contribution in [0, 0.1) is 33.1 Å². The first-order valence-corrected chi connectivity index (χ1v) is 7.03. The van der Waals surface area contributed by atoms with Crippen molar-refractivity contribution in [3.05, 3.63) is 34.4 Å². The number of nitrogens with one attached hydrogen (secondary N) is 1. The fraction of sp³-hybridized carbons (Fsp3) is 0.529. The maximum atomic E-state index is 5.93. The molecule has 0 aliphatic rings. The summed E-state index contributed by atoms with van der Waals surface area (Å²) in [4.78, 5) is 0. The summed E-state index contributed by atoms with van der Waals surface area (Å²) in [6.07, 6.45) is 7.64. The van der Waals surface area contributed by atoms with Crippen LogP contribution in [0.2, 0.25) is 0 Å². The number of aryl methyl sites for hydroxylation is 3. The van der Waals surface area contributed by atoms with E-state index in [4.69, 9.17) is 12.2 Å². The molecule has 0 fully saturated rings. The van der Waals surface area contributed by atoms with Crippen molar-refractivity contribution in [2.75, 3.05) is 6.54 Å². The summed E-state index contributed by atoms with van der Waals surface area (Å²) in [5, 5.41) is 3.50. The van der Waals surface area contributed by atoms with Crippen LogP contribution in [0.25, 0.3) is 0 Å². The molecule has 1 aromatic carbocycles. The fourth-order valence-corrected chi connectivity index (χ4v) is 2.39. The first kappa shape index (κ1) is 15.8. The first-order chi connectivity index (χ1) is 9.03. The average Bonchev–Trinajstić information content (AvgIpc) is 2.39. The lowest BCUT2D eigenvalue weighted by Gasteiger charge is -2.24. The standard InChI is InChI=1S/C17H26N2/c1-6-8-15(7-2)19-17(11-18)16-10-13(4)12(3)9-14(16)5/h2,9-10,15,17,19H,6,8,11,18H2,1,3-5H3. The Kier molecular flexibility index (Phi) is 6.08. The SMILES string of the molecule is C#CC(CCC)NC(CN)c1cc(C)c(C)cc1C. The molecule has 3 N–H and O–H groups in total. The molecule has 0 saturated heterocycles. The minimum absolute atomic E-state index is 0.0968. The van der Waals surface area contributed by atoms with Gasteiger partial charge >= 0.3 is 0 Å². The molecule has 2 unspecified atom stereocenters. The van der Waals surface area contributed by atoms with Gasteiger partial charge in [0, 0.05) is 12.6 Å². The van der Waals surface area contributed by atoms with Crippen molar-refractivity contribution < 1.29 is 0 Å². The van der Waals surface area contributed by atoms with Gasteiger partial charge < -0.3 is 5.73 Å². The molecule has 0 amide bonds. The van der Waals surface area contributed by atoms with Crippen molar-refractivity contribution in [1.29, 1.82) is 0 Å². The zero-order valence-electron chi connectivity index (χ0n) is 12.6. The van der Waals surface area contributed by atoms with Gasteiger partial charge in [-0.3, -0.25) is 5.32 Å². The number of nitrogens with two attached hydrogens (primary N) is 1. The third kappa shape index (κ3) is 4.09. The molecule has 2 atom stereocenters. The van der Waals surface area contributed by atoms with Crippen LogP contribution in [-0.4, -0.2) is 12.6 Å². The second-order valence-corrected chi connectivity index (χ2v) is 5.26. The Balaban J connectivity index is 2.97. The van der Waals surface area contributed by atoms with Crippen molar-refractivity contribution in [2.45, 2.75) is 52.6 Å². The quantitative estimate of drug-likeness (QED) is 0.770. The average molecular weight is 258 g/mol. The van der Waals surface area contributed by atoms with Crippen LogP contribution in [-0.2, 0) is 0 Å². The molecular formula is C17H26N2. The van der Waals surface area contributed by atoms with Gasteiger partial charge in [0.2, 0.25) is 0 Å². The summed E-state index contributed by atoms with van der Waals surface area (Å²) in [6.45, 7) is 9.11. The van der Waals surface area contributed by atoms with Crippen molar-refractivity contribution in [3.63, 3.8) is 0 Å². The summed E-state index contributed by atoms with van der Waals surface area (Å²) >= 11 is 0. The molecule has 2 heteroatoms. The van der Waals surface area contributed by atoms with E-state index in [1.807, 2.05) is 0 Å². The summed E-state index contributed by atoms with van der Waals surface area (Å²) in [5.74, 6) is 2.82. The molecule has 0 aliphatic heterocycles. The molecular weight excluding hydrogens is 232 g/mol. The largest absolute Gasteiger partial charge is 0.329 e. The van der Waals surface area contributed by atoms with Gasteiger partial charge in [-0.15, -0.1) is 6.42 Å². The van der Waals surface area contributed by atoms with Crippen LogP contribution in [0.3, 0.4) is 0 Å². The van der Waals surface area contributed by atoms with E-state index in [0.717, 1.165) is 12.8 Å². The molecule has 0 spiro atoms. The smallest absolute Gasteiger partial charge is 0.0692 e. The second kappa shape index (κ2) is 7.33. The van der Waals surface area contributed by atoms with E-state index in [2.05, 4.69) is 51.1 Å². The van der Waals surface area contributed by atoms with Gasteiger partial charge in [-0.1, -0.05) is 31.4 Å². The van der Waals surface area contributed by atoms with Crippen LogP contribution >= 0.6 is 0 Å². The lowest BCUT2D eigenvalue weighted by molar-refractivity contribution is 0.474. The fourth-order valence-electron chi connectivity index (χ4n) is 2.39. The number of rotatable bonds is 6. The van der Waals surface area contributed by atoms with E-state index in [9.17, 15) is 0 Å². The Morgan fingerprint density at radius 3 is 2.37 bits per heavy atom. The Hall–Kier alpha value is -1.30. The molecule has 0 saturated carbocycles. The number of terminal acetylenes is 1. The van der Waals surface area contributed by atoms with E-state index in [1.165, 1.54) is 22.3 Å². The van der Waals surface area contributed by atoms with E-state index in [1.54, 1.807) is 0 Å². The third-order valence-corrected chi connectivity index (χ3v) is 3.67. The van der Waals surface area contributed by atoms with Gasteiger partial charge in [0.1, 0.15) is 0 Å². The predicted molar refractivity (Wildman–Crippen MR) is 83.1 cm³/mol. The molecule has 0 aliphatic carbocycles. The Bertz CT molecular complexity index is 457. The zero-order valence-corrected chi connectivity index (χ0v) is 12.6. The van der Waals surface area contributed by atoms with E-state index in [-0.39, 0.29) is 12.1 Å².